The summed E-state index contributed by atoms with van der Waals surface area (Å²) in [5.41, 5.74) is 14.0. The molecule has 1 aromatic carbocycles. The molecule has 0 unspecified atom stereocenters. The van der Waals surface area contributed by atoms with Crippen molar-refractivity contribution in [2.24, 2.45) is 11.1 Å². The number of hydrogen-bond acceptors (Lipinski definition) is 7. The van der Waals surface area contributed by atoms with Crippen LogP contribution in [0.1, 0.15) is 43.4 Å². The summed E-state index contributed by atoms with van der Waals surface area (Å²) in [6, 6.07) is 5.46. The van der Waals surface area contributed by atoms with E-state index in [0.717, 1.165) is 38.2 Å². The number of ether oxygens (including phenoxy) is 1. The van der Waals surface area contributed by atoms with E-state index in [1.165, 1.54) is 12.8 Å². The van der Waals surface area contributed by atoms with Gasteiger partial charge in [-0.2, -0.15) is 0 Å². The molecule has 7 nitrogen and oxygen atoms in total. The Hall–Kier alpha value is -2.38. The Morgan fingerprint density at radius 1 is 1.31 bits per heavy atom. The van der Waals surface area contributed by atoms with Crippen molar-refractivity contribution in [2.75, 3.05) is 30.8 Å². The van der Waals surface area contributed by atoms with Gasteiger partial charge in [-0.3, -0.25) is 5.41 Å². The fraction of sp³-hybridized carbons (Fsp3) is 0.476. The minimum Gasteiger partial charge on any atom is -0.495 e. The Kier molecular flexibility index (Phi) is 5.36. The minimum atomic E-state index is 0.186. The highest BCUT2D eigenvalue weighted by atomic mass is 35.5. The van der Waals surface area contributed by atoms with E-state index < -0.39 is 0 Å². The highest BCUT2D eigenvalue weighted by Crippen LogP contribution is 2.45. The van der Waals surface area contributed by atoms with Crippen molar-refractivity contribution in [3.63, 3.8) is 0 Å². The number of rotatable bonds is 4. The third kappa shape index (κ3) is 3.65. The number of methoxy groups -OCH3 is 1. The van der Waals surface area contributed by atoms with Gasteiger partial charge in [-0.25, -0.2) is 9.97 Å². The van der Waals surface area contributed by atoms with E-state index in [4.69, 9.17) is 33.2 Å². The van der Waals surface area contributed by atoms with Crippen LogP contribution in [0.5, 0.6) is 5.75 Å². The summed E-state index contributed by atoms with van der Waals surface area (Å²) in [5, 5.41) is 8.98. The van der Waals surface area contributed by atoms with Gasteiger partial charge in [0.15, 0.2) is 5.82 Å². The molecular weight excluding hydrogens is 388 g/mol. The number of nitrogens with two attached hydrogens (primary N) is 2. The van der Waals surface area contributed by atoms with Crippen molar-refractivity contribution >= 4 is 28.9 Å². The van der Waals surface area contributed by atoms with Gasteiger partial charge in [-0.05, 0) is 43.2 Å². The molecule has 154 valence electrons. The molecule has 2 aliphatic rings. The van der Waals surface area contributed by atoms with Crippen LogP contribution in [0.2, 0.25) is 5.02 Å². The average Bonchev–Trinajstić information content (AvgIpc) is 3.08. The van der Waals surface area contributed by atoms with Crippen LogP contribution in [-0.4, -0.2) is 41.9 Å². The van der Waals surface area contributed by atoms with E-state index in [9.17, 15) is 0 Å². The predicted molar refractivity (Wildman–Crippen MR) is 116 cm³/mol. The molecule has 1 spiro atoms. The fourth-order valence-corrected chi connectivity index (χ4v) is 4.85. The van der Waals surface area contributed by atoms with Gasteiger partial charge < -0.3 is 21.1 Å². The van der Waals surface area contributed by atoms with Crippen molar-refractivity contribution in [2.45, 2.75) is 38.1 Å². The summed E-state index contributed by atoms with van der Waals surface area (Å²) in [6.45, 7) is 1.82. The van der Waals surface area contributed by atoms with Crippen molar-refractivity contribution < 1.29 is 4.74 Å². The minimum absolute atomic E-state index is 0.186. The van der Waals surface area contributed by atoms with Crippen LogP contribution < -0.4 is 21.1 Å². The SMILES string of the molecule is COc1cc(C(=N)c2ncc(N3CCC4(CCC[C@H]4N)CC3)nc2N)ccc1Cl. The number of halogens is 1. The third-order valence-electron chi connectivity index (χ3n) is 6.52. The highest BCUT2D eigenvalue weighted by molar-refractivity contribution is 6.32. The van der Waals surface area contributed by atoms with Gasteiger partial charge in [0.1, 0.15) is 17.3 Å². The molecule has 5 N–H and O–H groups in total. The number of hydrogen-bond donors (Lipinski definition) is 3. The molecule has 2 aromatic rings. The number of piperidine rings is 1. The number of aromatic nitrogens is 2. The van der Waals surface area contributed by atoms with Crippen LogP contribution in [0.25, 0.3) is 0 Å². The maximum absolute atomic E-state index is 8.49. The van der Waals surface area contributed by atoms with Crippen LogP contribution in [0.3, 0.4) is 0 Å². The highest BCUT2D eigenvalue weighted by Gasteiger charge is 2.43. The first-order valence-electron chi connectivity index (χ1n) is 9.99. The molecule has 1 saturated carbocycles. The molecule has 29 heavy (non-hydrogen) atoms. The molecule has 0 amide bonds. The summed E-state index contributed by atoms with van der Waals surface area (Å²) in [5.74, 6) is 1.51. The van der Waals surface area contributed by atoms with Gasteiger partial charge in [0, 0.05) is 24.7 Å². The molecule has 1 saturated heterocycles. The van der Waals surface area contributed by atoms with E-state index >= 15 is 0 Å². The molecule has 0 radical (unpaired) electrons. The monoisotopic (exact) mass is 414 g/mol. The second kappa shape index (κ2) is 7.80. The van der Waals surface area contributed by atoms with Crippen molar-refractivity contribution in [3.05, 3.63) is 40.7 Å². The van der Waals surface area contributed by atoms with Crippen molar-refractivity contribution in [3.8, 4) is 5.75 Å². The molecular formula is C21H27ClN6O. The zero-order chi connectivity index (χ0) is 20.6. The Balaban J connectivity index is 1.50. The topological polar surface area (TPSA) is 114 Å². The quantitative estimate of drug-likeness (QED) is 0.661. The molecule has 1 aliphatic heterocycles. The Morgan fingerprint density at radius 3 is 2.69 bits per heavy atom. The van der Waals surface area contributed by atoms with Gasteiger partial charge in [-0.15, -0.1) is 0 Å². The lowest BCUT2D eigenvalue weighted by Gasteiger charge is -2.42. The molecule has 2 heterocycles. The number of nitrogen functional groups attached to an aromatic ring is 1. The number of nitrogens with one attached hydrogen (secondary N) is 1. The van der Waals surface area contributed by atoms with E-state index in [-0.39, 0.29) is 11.5 Å². The lowest BCUT2D eigenvalue weighted by molar-refractivity contribution is 0.197. The average molecular weight is 415 g/mol. The Labute approximate surface area is 175 Å². The fourth-order valence-electron chi connectivity index (χ4n) is 4.66. The van der Waals surface area contributed by atoms with Crippen LogP contribution in [0.15, 0.2) is 24.4 Å². The third-order valence-corrected chi connectivity index (χ3v) is 6.84. The van der Waals surface area contributed by atoms with Crippen LogP contribution >= 0.6 is 11.6 Å². The second-order valence-electron chi connectivity index (χ2n) is 8.03. The summed E-state index contributed by atoms with van der Waals surface area (Å²) in [7, 11) is 1.54. The van der Waals surface area contributed by atoms with Crippen LogP contribution in [-0.2, 0) is 0 Å². The summed E-state index contributed by atoms with van der Waals surface area (Å²) >= 11 is 6.08. The van der Waals surface area contributed by atoms with Gasteiger partial charge in [0.2, 0.25) is 0 Å². The first-order valence-corrected chi connectivity index (χ1v) is 10.4. The standard InChI is InChI=1S/C21H27ClN6O/c1-29-15-11-13(4-5-14(15)22)18(24)19-20(25)27-17(12-26-19)28-9-7-21(8-10-28)6-2-3-16(21)23/h4-5,11-12,16,24H,2-3,6-10,23H2,1H3,(H2,25,27)/t16-/m1/s1. The van der Waals surface area contributed by atoms with E-state index in [2.05, 4.69) is 14.9 Å². The van der Waals surface area contributed by atoms with Gasteiger partial charge >= 0.3 is 0 Å². The first kappa shape index (κ1) is 19.9. The molecule has 1 aliphatic carbocycles. The smallest absolute Gasteiger partial charge is 0.154 e. The van der Waals surface area contributed by atoms with Gasteiger partial charge in [0.25, 0.3) is 0 Å². The van der Waals surface area contributed by atoms with Crippen molar-refractivity contribution in [1.29, 1.82) is 5.41 Å². The second-order valence-corrected chi connectivity index (χ2v) is 8.44. The predicted octanol–water partition coefficient (Wildman–Crippen LogP) is 3.23. The summed E-state index contributed by atoms with van der Waals surface area (Å²) < 4.78 is 5.24. The molecule has 4 rings (SSSR count). The largest absolute Gasteiger partial charge is 0.495 e. The molecule has 0 bridgehead atoms. The lowest BCUT2D eigenvalue weighted by atomic mass is 9.74. The molecule has 2 fully saturated rings. The van der Waals surface area contributed by atoms with E-state index in [0.29, 0.717) is 33.5 Å². The maximum Gasteiger partial charge on any atom is 0.154 e. The number of anilines is 2. The van der Waals surface area contributed by atoms with E-state index in [1.54, 1.807) is 31.5 Å². The Morgan fingerprint density at radius 2 is 2.07 bits per heavy atom. The number of nitrogens with zero attached hydrogens (tertiary/aromatic N) is 3. The van der Waals surface area contributed by atoms with Crippen molar-refractivity contribution in [1.82, 2.24) is 9.97 Å². The summed E-state index contributed by atoms with van der Waals surface area (Å²) in [4.78, 5) is 11.2. The summed E-state index contributed by atoms with van der Waals surface area (Å²) in [6.07, 6.45) is 7.48. The maximum atomic E-state index is 8.49. The first-order chi connectivity index (χ1) is 13.9. The normalized spacial score (nSPS) is 20.8. The van der Waals surface area contributed by atoms with Crippen LogP contribution in [0.4, 0.5) is 11.6 Å². The lowest BCUT2D eigenvalue weighted by Crippen LogP contribution is -2.47. The van der Waals surface area contributed by atoms with E-state index in [1.807, 2.05) is 0 Å². The van der Waals surface area contributed by atoms with Gasteiger partial charge in [0.05, 0.1) is 24.0 Å². The van der Waals surface area contributed by atoms with Crippen LogP contribution in [0, 0.1) is 10.8 Å². The Bertz CT molecular complexity index is 925. The number of benzene rings is 1. The zero-order valence-corrected chi connectivity index (χ0v) is 17.4. The molecule has 1 aromatic heterocycles. The zero-order valence-electron chi connectivity index (χ0n) is 16.6. The van der Waals surface area contributed by atoms with Gasteiger partial charge in [-0.1, -0.05) is 24.1 Å². The molecule has 1 atom stereocenters. The molecule has 8 heteroatoms.